The van der Waals surface area contributed by atoms with Crippen molar-refractivity contribution in [1.29, 1.82) is 0 Å². The van der Waals surface area contributed by atoms with Crippen LogP contribution in [0.5, 0.6) is 5.75 Å². The Kier molecular flexibility index (Phi) is 6.17. The van der Waals surface area contributed by atoms with Crippen molar-refractivity contribution in [1.82, 2.24) is 0 Å². The van der Waals surface area contributed by atoms with Crippen molar-refractivity contribution in [2.24, 2.45) is 0 Å². The van der Waals surface area contributed by atoms with Crippen molar-refractivity contribution in [3.8, 4) is 5.75 Å². The van der Waals surface area contributed by atoms with Crippen LogP contribution in [0.25, 0.3) is 0 Å². The van der Waals surface area contributed by atoms with Crippen LogP contribution in [0, 0.1) is 13.8 Å². The summed E-state index contributed by atoms with van der Waals surface area (Å²) in [6.07, 6.45) is -0.0543. The van der Waals surface area contributed by atoms with E-state index in [1.807, 2.05) is 39.0 Å². The van der Waals surface area contributed by atoms with E-state index in [1.165, 1.54) is 12.7 Å². The van der Waals surface area contributed by atoms with Crippen LogP contribution in [-0.4, -0.2) is 25.1 Å². The molecule has 5 heteroatoms. The molecule has 0 aliphatic heterocycles. The summed E-state index contributed by atoms with van der Waals surface area (Å²) >= 11 is 0. The molecule has 0 aliphatic rings. The molecular formula is C20H23NO4. The average molecular weight is 341 g/mol. The number of esters is 1. The number of rotatable bonds is 6. The summed E-state index contributed by atoms with van der Waals surface area (Å²) in [6, 6.07) is 12.3. The van der Waals surface area contributed by atoms with Crippen molar-refractivity contribution >= 4 is 17.6 Å². The molecule has 2 aromatic rings. The Morgan fingerprint density at radius 2 is 1.72 bits per heavy atom. The topological polar surface area (TPSA) is 64.6 Å². The fraction of sp³-hybridized carbons (Fsp3) is 0.300. The summed E-state index contributed by atoms with van der Waals surface area (Å²) in [5, 5.41) is 2.81. The van der Waals surface area contributed by atoms with E-state index in [0.29, 0.717) is 23.4 Å². The van der Waals surface area contributed by atoms with E-state index in [1.54, 1.807) is 24.3 Å². The summed E-state index contributed by atoms with van der Waals surface area (Å²) in [5.74, 6) is 0.0278. The van der Waals surface area contributed by atoms with Gasteiger partial charge in [-0.15, -0.1) is 0 Å². The van der Waals surface area contributed by atoms with Crippen LogP contribution in [0.2, 0.25) is 0 Å². The van der Waals surface area contributed by atoms with Crippen molar-refractivity contribution in [3.63, 3.8) is 0 Å². The molecule has 0 heterocycles. The highest BCUT2D eigenvalue weighted by atomic mass is 16.5. The summed E-state index contributed by atoms with van der Waals surface area (Å²) in [7, 11) is 1.33. The van der Waals surface area contributed by atoms with E-state index in [9.17, 15) is 9.59 Å². The van der Waals surface area contributed by atoms with Gasteiger partial charge in [-0.3, -0.25) is 4.79 Å². The minimum Gasteiger partial charge on any atom is -0.481 e. The van der Waals surface area contributed by atoms with Crippen LogP contribution in [0.15, 0.2) is 42.5 Å². The number of ether oxygens (including phenoxy) is 2. The number of carbonyl (C=O) groups is 2. The summed E-state index contributed by atoms with van der Waals surface area (Å²) in [4.78, 5) is 23.9. The molecule has 25 heavy (non-hydrogen) atoms. The van der Waals surface area contributed by atoms with Gasteiger partial charge in [-0.05, 0) is 67.8 Å². The molecule has 0 saturated heterocycles. The van der Waals surface area contributed by atoms with Crippen molar-refractivity contribution in [3.05, 3.63) is 59.2 Å². The van der Waals surface area contributed by atoms with Gasteiger partial charge in [0.05, 0.1) is 12.7 Å². The smallest absolute Gasteiger partial charge is 0.337 e. The minimum atomic E-state index is -0.595. The zero-order valence-corrected chi connectivity index (χ0v) is 15.0. The standard InChI is InChI=1S/C20H23NO4/c1-5-18(25-17-11-6-13(2)14(3)12-17)19(22)21-16-9-7-15(8-10-16)20(23)24-4/h6-12,18H,5H2,1-4H3,(H,21,22)/t18-/m1/s1. The van der Waals surface area contributed by atoms with E-state index in [2.05, 4.69) is 10.1 Å². The van der Waals surface area contributed by atoms with Crippen LogP contribution in [-0.2, 0) is 9.53 Å². The second-order valence-electron chi connectivity index (χ2n) is 5.82. The van der Waals surface area contributed by atoms with Crippen LogP contribution < -0.4 is 10.1 Å². The van der Waals surface area contributed by atoms with Gasteiger partial charge in [0.25, 0.3) is 5.91 Å². The predicted octanol–water partition coefficient (Wildman–Crippen LogP) is 3.89. The highest BCUT2D eigenvalue weighted by Gasteiger charge is 2.19. The first-order chi connectivity index (χ1) is 11.9. The Bertz CT molecular complexity index is 753. The molecular weight excluding hydrogens is 318 g/mol. The minimum absolute atomic E-state index is 0.230. The van der Waals surface area contributed by atoms with Crippen LogP contribution >= 0.6 is 0 Å². The number of nitrogens with one attached hydrogen (secondary N) is 1. The Morgan fingerprint density at radius 1 is 1.04 bits per heavy atom. The number of hydrogen-bond donors (Lipinski definition) is 1. The van der Waals surface area contributed by atoms with Crippen LogP contribution in [0.3, 0.4) is 0 Å². The SMILES string of the molecule is CC[C@@H](Oc1ccc(C)c(C)c1)C(=O)Nc1ccc(C(=O)OC)cc1. The van der Waals surface area contributed by atoms with E-state index in [4.69, 9.17) is 4.74 Å². The van der Waals surface area contributed by atoms with Gasteiger partial charge in [0.2, 0.25) is 0 Å². The maximum absolute atomic E-state index is 12.4. The average Bonchev–Trinajstić information content (AvgIpc) is 2.62. The Hall–Kier alpha value is -2.82. The van der Waals surface area contributed by atoms with Gasteiger partial charge in [0, 0.05) is 5.69 Å². The molecule has 0 fully saturated rings. The quantitative estimate of drug-likeness (QED) is 0.810. The number of hydrogen-bond acceptors (Lipinski definition) is 4. The lowest BCUT2D eigenvalue weighted by molar-refractivity contribution is -0.122. The molecule has 0 aliphatic carbocycles. The first kappa shape index (κ1) is 18.5. The van der Waals surface area contributed by atoms with Crippen LogP contribution in [0.1, 0.15) is 34.8 Å². The van der Waals surface area contributed by atoms with E-state index in [0.717, 1.165) is 5.56 Å². The normalized spacial score (nSPS) is 11.5. The molecule has 1 atom stereocenters. The van der Waals surface area contributed by atoms with Gasteiger partial charge in [-0.1, -0.05) is 13.0 Å². The zero-order valence-electron chi connectivity index (χ0n) is 15.0. The molecule has 1 amide bonds. The predicted molar refractivity (Wildman–Crippen MR) is 97.0 cm³/mol. The molecule has 5 nitrogen and oxygen atoms in total. The summed E-state index contributed by atoms with van der Waals surface area (Å²) in [5.41, 5.74) is 3.32. The fourth-order valence-electron chi connectivity index (χ4n) is 2.30. The number of methoxy groups -OCH3 is 1. The number of carbonyl (C=O) groups excluding carboxylic acids is 2. The molecule has 0 saturated carbocycles. The van der Waals surface area contributed by atoms with Gasteiger partial charge >= 0.3 is 5.97 Å². The summed E-state index contributed by atoms with van der Waals surface area (Å²) in [6.45, 7) is 5.93. The number of anilines is 1. The summed E-state index contributed by atoms with van der Waals surface area (Å²) < 4.78 is 10.5. The molecule has 0 aromatic heterocycles. The first-order valence-corrected chi connectivity index (χ1v) is 8.17. The number of benzene rings is 2. The third kappa shape index (κ3) is 4.83. The second-order valence-corrected chi connectivity index (χ2v) is 5.82. The first-order valence-electron chi connectivity index (χ1n) is 8.17. The zero-order chi connectivity index (χ0) is 18.4. The molecule has 0 unspecified atom stereocenters. The van der Waals surface area contributed by atoms with Gasteiger partial charge in [-0.2, -0.15) is 0 Å². The molecule has 0 radical (unpaired) electrons. The molecule has 132 valence electrons. The van der Waals surface area contributed by atoms with Gasteiger partial charge in [0.1, 0.15) is 5.75 Å². The van der Waals surface area contributed by atoms with Crippen molar-refractivity contribution in [2.75, 3.05) is 12.4 Å². The van der Waals surface area contributed by atoms with Gasteiger partial charge in [-0.25, -0.2) is 4.79 Å². The Balaban J connectivity index is 2.04. The molecule has 0 spiro atoms. The van der Waals surface area contributed by atoms with Crippen LogP contribution in [0.4, 0.5) is 5.69 Å². The van der Waals surface area contributed by atoms with E-state index in [-0.39, 0.29) is 5.91 Å². The highest BCUT2D eigenvalue weighted by molar-refractivity contribution is 5.95. The fourth-order valence-corrected chi connectivity index (χ4v) is 2.30. The lowest BCUT2D eigenvalue weighted by Gasteiger charge is -2.18. The Morgan fingerprint density at radius 3 is 2.28 bits per heavy atom. The number of aryl methyl sites for hydroxylation is 2. The maximum atomic E-state index is 12.4. The monoisotopic (exact) mass is 341 g/mol. The third-order valence-corrected chi connectivity index (χ3v) is 3.99. The van der Waals surface area contributed by atoms with E-state index < -0.39 is 12.1 Å². The molecule has 0 bridgehead atoms. The third-order valence-electron chi connectivity index (χ3n) is 3.99. The van der Waals surface area contributed by atoms with Crippen molar-refractivity contribution < 1.29 is 19.1 Å². The van der Waals surface area contributed by atoms with Gasteiger partial charge < -0.3 is 14.8 Å². The largest absolute Gasteiger partial charge is 0.481 e. The van der Waals surface area contributed by atoms with Gasteiger partial charge in [0.15, 0.2) is 6.10 Å². The maximum Gasteiger partial charge on any atom is 0.337 e. The molecule has 2 rings (SSSR count). The molecule has 1 N–H and O–H groups in total. The lowest BCUT2D eigenvalue weighted by atomic mass is 10.1. The highest BCUT2D eigenvalue weighted by Crippen LogP contribution is 2.19. The Labute approximate surface area is 148 Å². The van der Waals surface area contributed by atoms with E-state index >= 15 is 0 Å². The number of amides is 1. The van der Waals surface area contributed by atoms with Crippen molar-refractivity contribution in [2.45, 2.75) is 33.3 Å². The molecule has 2 aromatic carbocycles. The second kappa shape index (κ2) is 8.33. The lowest BCUT2D eigenvalue weighted by Crippen LogP contribution is -2.32.